The zero-order chi connectivity index (χ0) is 9.84. The number of rotatable bonds is 3. The summed E-state index contributed by atoms with van der Waals surface area (Å²) in [5.74, 6) is -0.562. The molecule has 1 amide bonds. The smallest absolute Gasteiger partial charge is 0.247 e. The summed E-state index contributed by atoms with van der Waals surface area (Å²) in [6.07, 6.45) is 0.481. The normalized spacial score (nSPS) is 10.1. The zero-order valence-corrected chi connectivity index (χ0v) is 8.40. The Morgan fingerprint density at radius 1 is 1.77 bits per heavy atom. The molecular weight excluding hydrogens is 191 g/mol. The van der Waals surface area contributed by atoms with Gasteiger partial charge in [-0.1, -0.05) is 4.48 Å². The Balaban J connectivity index is 2.39. The van der Waals surface area contributed by atoms with E-state index >= 15 is 0 Å². The first-order valence-electron chi connectivity index (χ1n) is 3.94. The van der Waals surface area contributed by atoms with Crippen molar-refractivity contribution in [3.8, 4) is 0 Å². The number of thiazole rings is 1. The molecule has 0 radical (unpaired) electrons. The lowest BCUT2D eigenvalue weighted by Gasteiger charge is -2.06. The lowest BCUT2D eigenvalue weighted by molar-refractivity contribution is -0.143. The van der Waals surface area contributed by atoms with Crippen molar-refractivity contribution in [3.63, 3.8) is 0 Å². The molecule has 0 unspecified atom stereocenters. The molecule has 0 saturated heterocycles. The van der Waals surface area contributed by atoms with Gasteiger partial charge in [-0.25, -0.2) is 4.98 Å². The number of nitrogens with zero attached hydrogens (tertiary/aromatic N) is 2. The van der Waals surface area contributed by atoms with Gasteiger partial charge in [-0.15, -0.1) is 11.3 Å². The predicted octanol–water partition coefficient (Wildman–Crippen LogP) is 1.73. The molecule has 0 N–H and O–H groups in total. The minimum atomic E-state index is -0.562. The van der Waals surface area contributed by atoms with Crippen LogP contribution in [-0.2, 0) is 11.2 Å². The van der Waals surface area contributed by atoms with Crippen molar-refractivity contribution in [2.45, 2.75) is 20.3 Å². The summed E-state index contributed by atoms with van der Waals surface area (Å²) in [5, 5.41) is 2.98. The van der Waals surface area contributed by atoms with Crippen LogP contribution in [0.1, 0.15) is 17.6 Å². The Bertz CT molecular complexity index is 300. The number of hydrogen-bond donors (Lipinski definition) is 0. The molecule has 1 rings (SSSR count). The number of aromatic nitrogens is 1. The van der Waals surface area contributed by atoms with Gasteiger partial charge < -0.3 is 0 Å². The van der Waals surface area contributed by atoms with Crippen LogP contribution in [0.3, 0.4) is 0 Å². The van der Waals surface area contributed by atoms with E-state index in [1.807, 2.05) is 12.3 Å². The minimum absolute atomic E-state index is 0.0856. The van der Waals surface area contributed by atoms with Gasteiger partial charge in [-0.3, -0.25) is 4.79 Å². The second kappa shape index (κ2) is 4.32. The largest absolute Gasteiger partial charge is 0.273 e. The van der Waals surface area contributed by atoms with E-state index < -0.39 is 5.91 Å². The quantitative estimate of drug-likeness (QED) is 0.699. The highest BCUT2D eigenvalue weighted by Crippen LogP contribution is 2.09. The first-order valence-corrected chi connectivity index (χ1v) is 4.82. The predicted molar refractivity (Wildman–Crippen MR) is 49.1 cm³/mol. The fourth-order valence-electron chi connectivity index (χ4n) is 0.869. The van der Waals surface area contributed by atoms with Gasteiger partial charge in [-0.05, 0) is 6.92 Å². The maximum atomic E-state index is 12.7. The molecule has 13 heavy (non-hydrogen) atoms. The number of halogens is 1. The third-order valence-electron chi connectivity index (χ3n) is 1.53. The van der Waals surface area contributed by atoms with E-state index in [9.17, 15) is 9.28 Å². The van der Waals surface area contributed by atoms with E-state index in [1.165, 1.54) is 18.3 Å². The van der Waals surface area contributed by atoms with Crippen LogP contribution in [0.2, 0.25) is 0 Å². The van der Waals surface area contributed by atoms with Crippen molar-refractivity contribution in [1.29, 1.82) is 0 Å². The molecule has 0 atom stereocenters. The molecule has 0 fully saturated rings. The number of carbonyl (C=O) groups is 1. The van der Waals surface area contributed by atoms with Crippen LogP contribution in [0.4, 0.5) is 4.48 Å². The standard InChI is InChI=1S/C8H11FN2OS/c1-6-5-13-8(10-6)3-4-11(9)7(2)12/h5H,3-4H2,1-2H3. The number of aryl methyl sites for hydroxylation is 1. The number of carbonyl (C=O) groups excluding carboxylic acids is 1. The second-order valence-electron chi connectivity index (χ2n) is 2.74. The van der Waals surface area contributed by atoms with E-state index in [-0.39, 0.29) is 11.7 Å². The van der Waals surface area contributed by atoms with Crippen LogP contribution in [0.15, 0.2) is 5.38 Å². The molecule has 0 aliphatic heterocycles. The Morgan fingerprint density at radius 2 is 2.46 bits per heavy atom. The van der Waals surface area contributed by atoms with Crippen molar-refractivity contribution in [1.82, 2.24) is 10.1 Å². The topological polar surface area (TPSA) is 33.2 Å². The summed E-state index contributed by atoms with van der Waals surface area (Å²) in [7, 11) is 0. The van der Waals surface area contributed by atoms with Crippen LogP contribution < -0.4 is 0 Å². The number of amides is 1. The Kier molecular flexibility index (Phi) is 3.36. The highest BCUT2D eigenvalue weighted by molar-refractivity contribution is 7.09. The third kappa shape index (κ3) is 3.10. The van der Waals surface area contributed by atoms with E-state index in [4.69, 9.17) is 0 Å². The summed E-state index contributed by atoms with van der Waals surface area (Å²) in [4.78, 5) is 14.7. The molecule has 0 spiro atoms. The molecule has 1 aromatic rings. The molecule has 3 nitrogen and oxygen atoms in total. The van der Waals surface area contributed by atoms with Gasteiger partial charge in [0.1, 0.15) is 0 Å². The van der Waals surface area contributed by atoms with Crippen LogP contribution >= 0.6 is 11.3 Å². The minimum Gasteiger partial charge on any atom is -0.273 e. The maximum Gasteiger partial charge on any atom is 0.247 e. The van der Waals surface area contributed by atoms with Crippen molar-refractivity contribution in [3.05, 3.63) is 16.1 Å². The Labute approximate surface area is 80.1 Å². The average molecular weight is 202 g/mol. The van der Waals surface area contributed by atoms with Crippen LogP contribution in [0.25, 0.3) is 0 Å². The molecule has 0 bridgehead atoms. The highest BCUT2D eigenvalue weighted by atomic mass is 32.1. The van der Waals surface area contributed by atoms with Crippen LogP contribution in [-0.4, -0.2) is 22.6 Å². The molecule has 0 aliphatic carbocycles. The molecule has 1 heterocycles. The van der Waals surface area contributed by atoms with Crippen LogP contribution in [0.5, 0.6) is 0 Å². The van der Waals surface area contributed by atoms with E-state index in [1.54, 1.807) is 0 Å². The molecule has 0 aromatic carbocycles. The first-order chi connectivity index (χ1) is 6.09. The van der Waals surface area contributed by atoms with Gasteiger partial charge >= 0.3 is 0 Å². The van der Waals surface area contributed by atoms with E-state index in [0.29, 0.717) is 6.42 Å². The molecular formula is C8H11FN2OS. The molecule has 0 saturated carbocycles. The van der Waals surface area contributed by atoms with E-state index in [2.05, 4.69) is 4.98 Å². The summed E-state index contributed by atoms with van der Waals surface area (Å²) >= 11 is 1.49. The fourth-order valence-corrected chi connectivity index (χ4v) is 1.63. The summed E-state index contributed by atoms with van der Waals surface area (Å²) < 4.78 is 12.7. The average Bonchev–Trinajstić information content (AvgIpc) is 2.47. The lowest BCUT2D eigenvalue weighted by Crippen LogP contribution is -2.21. The molecule has 0 aliphatic rings. The number of hydrogen-bond acceptors (Lipinski definition) is 3. The van der Waals surface area contributed by atoms with E-state index in [0.717, 1.165) is 10.7 Å². The third-order valence-corrected chi connectivity index (χ3v) is 2.56. The Hall–Kier alpha value is -0.970. The van der Waals surface area contributed by atoms with Gasteiger partial charge in [0.2, 0.25) is 5.91 Å². The summed E-state index contributed by atoms with van der Waals surface area (Å²) in [6, 6.07) is 0. The van der Waals surface area contributed by atoms with Crippen molar-refractivity contribution < 1.29 is 9.28 Å². The molecule has 72 valence electrons. The SMILES string of the molecule is CC(=O)N(F)CCc1nc(C)cs1. The van der Waals surface area contributed by atoms with Gasteiger partial charge in [0, 0.05) is 24.4 Å². The first kappa shape index (κ1) is 10.1. The van der Waals surface area contributed by atoms with Gasteiger partial charge in [0.05, 0.1) is 11.6 Å². The monoisotopic (exact) mass is 202 g/mol. The molecule has 5 heteroatoms. The van der Waals surface area contributed by atoms with Gasteiger partial charge in [0.25, 0.3) is 0 Å². The molecule has 1 aromatic heterocycles. The second-order valence-corrected chi connectivity index (χ2v) is 3.68. The van der Waals surface area contributed by atoms with Gasteiger partial charge in [-0.2, -0.15) is 5.12 Å². The van der Waals surface area contributed by atoms with Gasteiger partial charge in [0.15, 0.2) is 0 Å². The lowest BCUT2D eigenvalue weighted by atomic mass is 10.4. The van der Waals surface area contributed by atoms with Crippen molar-refractivity contribution in [2.75, 3.05) is 6.54 Å². The van der Waals surface area contributed by atoms with Crippen molar-refractivity contribution >= 4 is 17.2 Å². The highest BCUT2D eigenvalue weighted by Gasteiger charge is 2.07. The summed E-state index contributed by atoms with van der Waals surface area (Å²) in [6.45, 7) is 3.17. The van der Waals surface area contributed by atoms with Crippen molar-refractivity contribution in [2.24, 2.45) is 0 Å². The maximum absolute atomic E-state index is 12.7. The Morgan fingerprint density at radius 3 is 2.92 bits per heavy atom. The summed E-state index contributed by atoms with van der Waals surface area (Å²) in [5.41, 5.74) is 0.938. The fraction of sp³-hybridized carbons (Fsp3) is 0.500. The van der Waals surface area contributed by atoms with Crippen LogP contribution in [0, 0.1) is 6.92 Å². The zero-order valence-electron chi connectivity index (χ0n) is 7.58.